The minimum absolute atomic E-state index is 1.04. The zero-order chi connectivity index (χ0) is 4.99. The van der Waals surface area contributed by atoms with Crippen molar-refractivity contribution in [2.45, 2.75) is 0 Å². The smallest absolute Gasteiger partial charge is 0.202 e. The summed E-state index contributed by atoms with van der Waals surface area (Å²) in [7, 11) is 1.06. The Morgan fingerprint density at radius 2 is 2.33 bits per heavy atom. The second kappa shape index (κ2) is 2.40. The Hall–Kier alpha value is -0.840. The van der Waals surface area contributed by atoms with Crippen LogP contribution in [0, 0.1) is 10.1 Å². The van der Waals surface area contributed by atoms with Crippen molar-refractivity contribution in [1.82, 2.24) is 0 Å². The highest BCUT2D eigenvalue weighted by Gasteiger charge is 1.85. The molecule has 0 aliphatic heterocycles. The van der Waals surface area contributed by atoms with Gasteiger partial charge in [-0.1, -0.05) is 0 Å². The van der Waals surface area contributed by atoms with Gasteiger partial charge in [0.05, 0.1) is 7.11 Å². The predicted molar refractivity (Wildman–Crippen MR) is 15.1 cm³/mol. The molecule has 0 amide bonds. The third kappa shape index (κ3) is 3.16. The first-order valence-electron chi connectivity index (χ1n) is 1.12. The molecule has 6 heavy (non-hydrogen) atoms. The van der Waals surface area contributed by atoms with Crippen LogP contribution in [0.5, 0.6) is 0 Å². The maximum Gasteiger partial charge on any atom is 0.322 e. The summed E-state index contributed by atoms with van der Waals surface area (Å²) < 4.78 is 0. The van der Waals surface area contributed by atoms with E-state index in [4.69, 9.17) is 10.1 Å². The molecule has 0 atom stereocenters. The van der Waals surface area contributed by atoms with Gasteiger partial charge in [0.1, 0.15) is 0 Å². The lowest BCUT2D eigenvalue weighted by molar-refractivity contribution is -0.847. The van der Waals surface area contributed by atoms with Crippen molar-refractivity contribution >= 4 is 0 Å². The summed E-state index contributed by atoms with van der Waals surface area (Å²) in [4.78, 5) is 15.9. The molecule has 5 nitrogen and oxygen atoms in total. The van der Waals surface area contributed by atoms with Crippen LogP contribution < -0.4 is 0 Å². The van der Waals surface area contributed by atoms with Gasteiger partial charge in [0.25, 0.3) is 0 Å². The highest BCUT2D eigenvalue weighted by atomic mass is 17.3. The Bertz CT molecular complexity index is 51.5. The molecule has 0 fully saturated rings. The fourth-order valence-electron chi connectivity index (χ4n) is 0.0609. The molecule has 0 spiro atoms. The molecule has 0 bridgehead atoms. The van der Waals surface area contributed by atoms with Gasteiger partial charge in [-0.15, -0.1) is 15.1 Å². The predicted octanol–water partition coefficient (Wildman–Crippen LogP) is -0.244. The van der Waals surface area contributed by atoms with Crippen LogP contribution in [0.2, 0.25) is 0 Å². The Morgan fingerprint density at radius 1 is 1.83 bits per heavy atom. The second-order valence-corrected chi connectivity index (χ2v) is 0.465. The highest BCUT2D eigenvalue weighted by molar-refractivity contribution is 3.85. The average Bonchev–Trinajstić information content (AvgIpc) is 1.35. The van der Waals surface area contributed by atoms with Crippen LogP contribution in [-0.2, 0) is 9.88 Å². The second-order valence-electron chi connectivity index (χ2n) is 0.465. The van der Waals surface area contributed by atoms with E-state index in [0.29, 0.717) is 0 Å². The van der Waals surface area contributed by atoms with Crippen LogP contribution in [-0.4, -0.2) is 12.2 Å². The van der Waals surface area contributed by atoms with E-state index in [1.165, 1.54) is 0 Å². The summed E-state index contributed by atoms with van der Waals surface area (Å²) in [5.41, 5.74) is 0. The Labute approximate surface area is 33.5 Å². The van der Waals surface area contributed by atoms with Crippen molar-refractivity contribution in [2.75, 3.05) is 7.11 Å². The van der Waals surface area contributed by atoms with E-state index in [1.54, 1.807) is 0 Å². The molecule has 0 aromatic carbocycles. The molecule has 0 rings (SSSR count). The zero-order valence-electron chi connectivity index (χ0n) is 3.08. The zero-order valence-corrected chi connectivity index (χ0v) is 3.08. The molecule has 0 aromatic heterocycles. The fourth-order valence-corrected chi connectivity index (χ4v) is 0.0609. The minimum Gasteiger partial charge on any atom is -0.202 e. The van der Waals surface area contributed by atoms with Gasteiger partial charge >= 0.3 is 5.09 Å². The van der Waals surface area contributed by atoms with Gasteiger partial charge in [-0.25, -0.2) is 4.89 Å². The first-order valence-corrected chi connectivity index (χ1v) is 1.12. The van der Waals surface area contributed by atoms with E-state index in [2.05, 4.69) is 9.88 Å². The third-order valence-electron chi connectivity index (χ3n) is 0.135. The fraction of sp³-hybridized carbons (Fsp3) is 1.00. The average molecular weight is 93.0 g/mol. The standard InChI is InChI=1S/CH3NO4/c1-5-6-2(3)4/h1H3. The Morgan fingerprint density at radius 3 is 2.33 bits per heavy atom. The molecule has 0 radical (unpaired) electrons. The van der Waals surface area contributed by atoms with Gasteiger partial charge in [-0.2, -0.15) is 0 Å². The molecule has 0 heterocycles. The topological polar surface area (TPSA) is 61.6 Å². The molecular weight excluding hydrogens is 90.0 g/mol. The van der Waals surface area contributed by atoms with Gasteiger partial charge < -0.3 is 0 Å². The normalized spacial score (nSPS) is 7.50. The molecule has 0 N–H and O–H groups in total. The maximum absolute atomic E-state index is 9.06. The molecule has 0 saturated carbocycles. The number of hydrogen-bond acceptors (Lipinski definition) is 4. The third-order valence-corrected chi connectivity index (χ3v) is 0.135. The van der Waals surface area contributed by atoms with Crippen LogP contribution in [0.4, 0.5) is 0 Å². The van der Waals surface area contributed by atoms with Gasteiger partial charge in [0.15, 0.2) is 0 Å². The van der Waals surface area contributed by atoms with Crippen molar-refractivity contribution in [1.29, 1.82) is 0 Å². The lowest BCUT2D eigenvalue weighted by atomic mass is 11.8. The van der Waals surface area contributed by atoms with E-state index in [0.717, 1.165) is 7.11 Å². The largest absolute Gasteiger partial charge is 0.322 e. The van der Waals surface area contributed by atoms with Crippen molar-refractivity contribution in [3.05, 3.63) is 10.1 Å². The number of hydrogen-bond donors (Lipinski definition) is 0. The monoisotopic (exact) mass is 93.0 g/mol. The lowest BCUT2D eigenvalue weighted by Gasteiger charge is -1.83. The first-order chi connectivity index (χ1) is 2.77. The van der Waals surface area contributed by atoms with Crippen molar-refractivity contribution in [3.63, 3.8) is 0 Å². The highest BCUT2D eigenvalue weighted by Crippen LogP contribution is 1.67. The van der Waals surface area contributed by atoms with Crippen LogP contribution >= 0.6 is 0 Å². The molecule has 5 heteroatoms. The molecule has 0 aliphatic rings. The van der Waals surface area contributed by atoms with E-state index in [1.807, 2.05) is 0 Å². The molecule has 0 unspecified atom stereocenters. The van der Waals surface area contributed by atoms with E-state index in [9.17, 15) is 0 Å². The number of nitrogens with zero attached hydrogens (tertiary/aromatic N) is 1. The molecule has 0 saturated heterocycles. The molecular formula is CH3NO4. The minimum atomic E-state index is -1.04. The van der Waals surface area contributed by atoms with Crippen LogP contribution in [0.15, 0.2) is 0 Å². The summed E-state index contributed by atoms with van der Waals surface area (Å²) in [6.45, 7) is 0. The van der Waals surface area contributed by atoms with Crippen molar-refractivity contribution in [3.8, 4) is 0 Å². The van der Waals surface area contributed by atoms with Gasteiger partial charge in [-0.3, -0.25) is 0 Å². The SMILES string of the molecule is COO[N+](=O)[O-]. The van der Waals surface area contributed by atoms with Crippen molar-refractivity contribution in [2.24, 2.45) is 0 Å². The Kier molecular flexibility index (Phi) is 2.06. The van der Waals surface area contributed by atoms with Gasteiger partial charge in [0.2, 0.25) is 0 Å². The van der Waals surface area contributed by atoms with Crippen LogP contribution in [0.25, 0.3) is 0 Å². The lowest BCUT2D eigenvalue weighted by Crippen LogP contribution is -1.96. The molecule has 36 valence electrons. The summed E-state index contributed by atoms with van der Waals surface area (Å²) in [6, 6.07) is 0. The van der Waals surface area contributed by atoms with Gasteiger partial charge in [0, 0.05) is 0 Å². The quantitative estimate of drug-likeness (QED) is 0.268. The maximum atomic E-state index is 9.06. The number of rotatable bonds is 2. The molecule has 0 aliphatic carbocycles. The van der Waals surface area contributed by atoms with Crippen molar-refractivity contribution < 1.29 is 15.0 Å². The van der Waals surface area contributed by atoms with E-state index >= 15 is 0 Å². The van der Waals surface area contributed by atoms with Gasteiger partial charge in [-0.05, 0) is 0 Å². The summed E-state index contributed by atoms with van der Waals surface area (Å²) in [6.07, 6.45) is 0. The van der Waals surface area contributed by atoms with E-state index in [-0.39, 0.29) is 0 Å². The Balaban J connectivity index is 2.83. The summed E-state index contributed by atoms with van der Waals surface area (Å²) in [5.74, 6) is 0. The molecule has 0 aromatic rings. The van der Waals surface area contributed by atoms with Crippen LogP contribution in [0.1, 0.15) is 0 Å². The summed E-state index contributed by atoms with van der Waals surface area (Å²) >= 11 is 0. The van der Waals surface area contributed by atoms with Crippen LogP contribution in [0.3, 0.4) is 0 Å². The summed E-state index contributed by atoms with van der Waals surface area (Å²) in [5, 5.41) is 8.02. The van der Waals surface area contributed by atoms with E-state index < -0.39 is 5.09 Å². The first kappa shape index (κ1) is 5.16.